The molecule has 1 heterocycles. The summed E-state index contributed by atoms with van der Waals surface area (Å²) in [6.45, 7) is 0.928. The van der Waals surface area contributed by atoms with Crippen LogP contribution in [0.25, 0.3) is 0 Å². The maximum absolute atomic E-state index is 13.2. The van der Waals surface area contributed by atoms with E-state index in [9.17, 15) is 22.8 Å². The molecule has 1 amide bonds. The number of benzene rings is 2. The molecule has 0 aromatic heterocycles. The third-order valence-electron chi connectivity index (χ3n) is 6.35. The molecule has 1 saturated carbocycles. The van der Waals surface area contributed by atoms with Crippen molar-refractivity contribution in [1.29, 1.82) is 0 Å². The Bertz CT molecular complexity index is 1000. The summed E-state index contributed by atoms with van der Waals surface area (Å²) in [5, 5.41) is 12.2. The van der Waals surface area contributed by atoms with Gasteiger partial charge in [-0.15, -0.1) is 0 Å². The lowest BCUT2D eigenvalue weighted by Crippen LogP contribution is -2.51. The number of carbonyl (C=O) groups excluding carboxylic acids is 1. The van der Waals surface area contributed by atoms with E-state index in [4.69, 9.17) is 5.11 Å². The number of aromatic carboxylic acids is 1. The summed E-state index contributed by atoms with van der Waals surface area (Å²) in [5.41, 5.74) is 0.416. The Morgan fingerprint density at radius 3 is 2.44 bits per heavy atom. The Balaban J connectivity index is 1.47. The van der Waals surface area contributed by atoms with E-state index in [1.807, 2.05) is 4.90 Å². The molecule has 0 unspecified atom stereocenters. The quantitative estimate of drug-likeness (QED) is 0.683. The molecule has 2 aliphatic rings. The summed E-state index contributed by atoms with van der Waals surface area (Å²) in [5.74, 6) is -1.13. The minimum atomic E-state index is -4.40. The van der Waals surface area contributed by atoms with Gasteiger partial charge in [0.05, 0.1) is 22.7 Å². The number of nitrogens with one attached hydrogen (secondary N) is 1. The van der Waals surface area contributed by atoms with Crippen LogP contribution in [0.4, 0.5) is 13.2 Å². The van der Waals surface area contributed by atoms with Gasteiger partial charge in [-0.3, -0.25) is 9.69 Å². The molecule has 1 atom stereocenters. The Kier molecular flexibility index (Phi) is 5.99. The van der Waals surface area contributed by atoms with Crippen LogP contribution >= 0.6 is 0 Å². The van der Waals surface area contributed by atoms with Crippen LogP contribution in [0.3, 0.4) is 0 Å². The first-order valence-corrected chi connectivity index (χ1v) is 10.7. The van der Waals surface area contributed by atoms with Gasteiger partial charge >= 0.3 is 12.1 Å². The van der Waals surface area contributed by atoms with Crippen molar-refractivity contribution < 1.29 is 27.9 Å². The molecule has 0 spiro atoms. The fraction of sp³-hybridized carbons (Fsp3) is 0.417. The van der Waals surface area contributed by atoms with Crippen molar-refractivity contribution in [2.24, 2.45) is 0 Å². The molecular formula is C24H25F3N2O3. The number of hydrogen-bond donors (Lipinski definition) is 2. The molecule has 170 valence electrons. The number of nitrogens with zero attached hydrogens (tertiary/aromatic N) is 1. The SMILES string of the molecule is O=C(O)c1ccc(C2(NC(=O)[C@H]3CCCCN3Cc3cccc(C(F)(F)F)c3)CC2)cc1. The van der Waals surface area contributed by atoms with Crippen molar-refractivity contribution in [2.75, 3.05) is 6.54 Å². The molecule has 1 aliphatic carbocycles. The molecule has 2 aromatic rings. The van der Waals surface area contributed by atoms with E-state index >= 15 is 0 Å². The van der Waals surface area contributed by atoms with Crippen LogP contribution in [0.2, 0.25) is 0 Å². The molecule has 32 heavy (non-hydrogen) atoms. The summed E-state index contributed by atoms with van der Waals surface area (Å²) < 4.78 is 39.2. The highest BCUT2D eigenvalue weighted by molar-refractivity contribution is 5.87. The van der Waals surface area contributed by atoms with Gasteiger partial charge in [0.1, 0.15) is 0 Å². The number of piperidine rings is 1. The van der Waals surface area contributed by atoms with Crippen LogP contribution in [0.5, 0.6) is 0 Å². The van der Waals surface area contributed by atoms with Gasteiger partial charge in [0.2, 0.25) is 5.91 Å². The average Bonchev–Trinajstić information content (AvgIpc) is 3.54. The number of carbonyl (C=O) groups is 2. The minimum Gasteiger partial charge on any atom is -0.478 e. The van der Waals surface area contributed by atoms with Crippen LogP contribution in [0.1, 0.15) is 59.2 Å². The second-order valence-corrected chi connectivity index (χ2v) is 8.63. The van der Waals surface area contributed by atoms with Crippen molar-refractivity contribution >= 4 is 11.9 Å². The summed E-state index contributed by atoms with van der Waals surface area (Å²) in [6, 6.07) is 11.4. The Hall–Kier alpha value is -2.87. The zero-order valence-corrected chi connectivity index (χ0v) is 17.5. The highest BCUT2D eigenvalue weighted by atomic mass is 19.4. The normalized spacial score (nSPS) is 20.5. The van der Waals surface area contributed by atoms with Gasteiger partial charge in [0.15, 0.2) is 0 Å². The number of alkyl halides is 3. The van der Waals surface area contributed by atoms with Gasteiger partial charge in [-0.1, -0.05) is 36.8 Å². The number of likely N-dealkylation sites (tertiary alicyclic amines) is 1. The van der Waals surface area contributed by atoms with E-state index in [0.29, 0.717) is 18.5 Å². The molecule has 2 N–H and O–H groups in total. The number of carboxylic acids is 1. The molecule has 1 saturated heterocycles. The Morgan fingerprint density at radius 2 is 1.81 bits per heavy atom. The second kappa shape index (κ2) is 8.58. The molecule has 2 fully saturated rings. The van der Waals surface area contributed by atoms with Crippen molar-refractivity contribution in [1.82, 2.24) is 10.2 Å². The molecule has 1 aliphatic heterocycles. The summed E-state index contributed by atoms with van der Waals surface area (Å²) in [7, 11) is 0. The Morgan fingerprint density at radius 1 is 1.09 bits per heavy atom. The monoisotopic (exact) mass is 446 g/mol. The number of amides is 1. The molecule has 0 bridgehead atoms. The number of carboxylic acid groups (broad SMARTS) is 1. The number of rotatable bonds is 6. The maximum Gasteiger partial charge on any atom is 0.416 e. The molecule has 0 radical (unpaired) electrons. The summed E-state index contributed by atoms with van der Waals surface area (Å²) in [4.78, 5) is 26.2. The van der Waals surface area contributed by atoms with Crippen molar-refractivity contribution in [2.45, 2.75) is 56.4 Å². The average molecular weight is 446 g/mol. The first-order chi connectivity index (χ1) is 15.2. The van der Waals surface area contributed by atoms with Crippen molar-refractivity contribution in [3.05, 3.63) is 70.8 Å². The first kappa shape index (κ1) is 22.3. The predicted octanol–water partition coefficient (Wildman–Crippen LogP) is 4.56. The molecular weight excluding hydrogens is 421 g/mol. The number of hydrogen-bond acceptors (Lipinski definition) is 3. The van der Waals surface area contributed by atoms with Crippen LogP contribution in [0, 0.1) is 0 Å². The number of halogens is 3. The standard InChI is InChI=1S/C24H25F3N2O3/c25-24(26,27)19-5-3-4-16(14-19)15-29-13-2-1-6-20(29)21(30)28-23(11-12-23)18-9-7-17(8-10-18)22(31)32/h3-5,7-10,14,20H,1-2,6,11-13,15H2,(H,28,30)(H,31,32)/t20-/m1/s1. The predicted molar refractivity (Wildman–Crippen MR) is 112 cm³/mol. The van der Waals surface area contributed by atoms with Crippen LogP contribution < -0.4 is 5.32 Å². The van der Waals surface area contributed by atoms with Gasteiger partial charge in [-0.25, -0.2) is 4.79 Å². The van der Waals surface area contributed by atoms with Gasteiger partial charge in [0, 0.05) is 6.54 Å². The second-order valence-electron chi connectivity index (χ2n) is 8.63. The third kappa shape index (κ3) is 4.80. The van der Waals surface area contributed by atoms with Crippen molar-refractivity contribution in [3.63, 3.8) is 0 Å². The summed E-state index contributed by atoms with van der Waals surface area (Å²) in [6.07, 6.45) is -0.429. The van der Waals surface area contributed by atoms with Crippen LogP contribution in [0.15, 0.2) is 48.5 Å². The minimum absolute atomic E-state index is 0.128. The first-order valence-electron chi connectivity index (χ1n) is 10.7. The highest BCUT2D eigenvalue weighted by Gasteiger charge is 2.47. The Labute approximate surface area is 184 Å². The lowest BCUT2D eigenvalue weighted by molar-refractivity contribution is -0.137. The fourth-order valence-corrected chi connectivity index (χ4v) is 4.42. The van der Waals surface area contributed by atoms with E-state index in [1.54, 1.807) is 18.2 Å². The molecule has 4 rings (SSSR count). The molecule has 2 aromatic carbocycles. The van der Waals surface area contributed by atoms with Crippen LogP contribution in [-0.4, -0.2) is 34.5 Å². The molecule has 5 nitrogen and oxygen atoms in total. The summed E-state index contributed by atoms with van der Waals surface area (Å²) >= 11 is 0. The van der Waals surface area contributed by atoms with Gasteiger partial charge in [0.25, 0.3) is 0 Å². The molecule has 8 heteroatoms. The van der Waals surface area contributed by atoms with Gasteiger partial charge in [-0.05, 0) is 61.6 Å². The van der Waals surface area contributed by atoms with Gasteiger partial charge < -0.3 is 10.4 Å². The lowest BCUT2D eigenvalue weighted by Gasteiger charge is -2.36. The fourth-order valence-electron chi connectivity index (χ4n) is 4.42. The zero-order chi connectivity index (χ0) is 22.9. The van der Waals surface area contributed by atoms with Crippen LogP contribution in [-0.2, 0) is 23.1 Å². The third-order valence-corrected chi connectivity index (χ3v) is 6.35. The lowest BCUT2D eigenvalue weighted by atomic mass is 9.98. The smallest absolute Gasteiger partial charge is 0.416 e. The van der Waals surface area contributed by atoms with Gasteiger partial charge in [-0.2, -0.15) is 13.2 Å². The van der Waals surface area contributed by atoms with E-state index in [1.165, 1.54) is 18.2 Å². The van der Waals surface area contributed by atoms with E-state index in [0.717, 1.165) is 43.4 Å². The van der Waals surface area contributed by atoms with E-state index in [2.05, 4.69) is 5.32 Å². The largest absolute Gasteiger partial charge is 0.478 e. The van der Waals surface area contributed by atoms with E-state index < -0.39 is 29.3 Å². The topological polar surface area (TPSA) is 69.6 Å². The van der Waals surface area contributed by atoms with Crippen molar-refractivity contribution in [3.8, 4) is 0 Å². The zero-order valence-electron chi connectivity index (χ0n) is 17.5. The highest BCUT2D eigenvalue weighted by Crippen LogP contribution is 2.45. The van der Waals surface area contributed by atoms with E-state index in [-0.39, 0.29) is 18.0 Å². The maximum atomic E-state index is 13.2.